The Kier molecular flexibility index (Phi) is 7.06. The van der Waals surface area contributed by atoms with Crippen molar-refractivity contribution in [2.45, 2.75) is 38.0 Å². The molecule has 0 aliphatic carbocycles. The summed E-state index contributed by atoms with van der Waals surface area (Å²) in [7, 11) is 0. The van der Waals surface area contributed by atoms with Crippen molar-refractivity contribution in [2.75, 3.05) is 56.6 Å². The van der Waals surface area contributed by atoms with Crippen LogP contribution in [0.5, 0.6) is 6.01 Å². The van der Waals surface area contributed by atoms with Crippen LogP contribution in [0.1, 0.15) is 19.8 Å². The van der Waals surface area contributed by atoms with Crippen LogP contribution < -0.4 is 20.7 Å². The lowest BCUT2D eigenvalue weighted by atomic mass is 10.0. The Morgan fingerprint density at radius 1 is 1.15 bits per heavy atom. The molecule has 9 nitrogen and oxygen atoms in total. The van der Waals surface area contributed by atoms with E-state index in [9.17, 15) is 4.39 Å². The number of thiazole rings is 1. The van der Waals surface area contributed by atoms with Gasteiger partial charge in [0.2, 0.25) is 0 Å². The fraction of sp³-hybridized carbons (Fsp3) is 0.464. The van der Waals surface area contributed by atoms with Gasteiger partial charge in [-0.15, -0.1) is 0 Å². The third kappa shape index (κ3) is 5.05. The van der Waals surface area contributed by atoms with Crippen LogP contribution in [-0.2, 0) is 4.74 Å². The van der Waals surface area contributed by atoms with Crippen molar-refractivity contribution >= 4 is 55.0 Å². The molecule has 0 radical (unpaired) electrons. The average Bonchev–Trinajstić information content (AvgIpc) is 3.51. The molecule has 3 atom stereocenters. The first-order valence-corrected chi connectivity index (χ1v) is 15.1. The molecule has 3 aliphatic rings. The third-order valence-electron chi connectivity index (χ3n) is 8.07. The molecular formula is C28H30ClF2N7O2S. The van der Waals surface area contributed by atoms with E-state index in [0.717, 1.165) is 50.4 Å². The molecule has 4 aromatic rings. The molecule has 2 bridgehead atoms. The number of hydrogen-bond donors (Lipinski definition) is 2. The number of hydrogen-bond acceptors (Lipinski definition) is 10. The van der Waals surface area contributed by atoms with Crippen molar-refractivity contribution in [3.8, 4) is 17.1 Å². The molecule has 7 rings (SSSR count). The van der Waals surface area contributed by atoms with Crippen LogP contribution in [0.25, 0.3) is 32.2 Å². The fourth-order valence-electron chi connectivity index (χ4n) is 6.23. The smallest absolute Gasteiger partial charge is 0.319 e. The number of aromatic nitrogens is 3. The van der Waals surface area contributed by atoms with Crippen LogP contribution in [0.4, 0.5) is 19.7 Å². The standard InChI is InChI=1S/C28H30ClF2N7O2S/c1-14(11-37-6-8-39-9-7-37)40-28-35-23-18(26(36-28)38-12-15-2-3-16(13-38)33-15)10-19(29)21(22(23)31)17-4-5-20(30)25-24(17)34-27(32)41-25/h4-5,10,14-16,33H,2-3,6-9,11-13H2,1H3,(H2,32,34)/t14-,15?,16?/m0/s1. The SMILES string of the molecule is C[C@@H](CN1CCOCC1)Oc1nc(N2CC3CCC(C2)N3)c2cc(Cl)c(-c3ccc(F)c4sc(N)nc34)c(F)c2n1. The summed E-state index contributed by atoms with van der Waals surface area (Å²) >= 11 is 7.79. The molecule has 5 heterocycles. The van der Waals surface area contributed by atoms with E-state index in [-0.39, 0.29) is 43.6 Å². The summed E-state index contributed by atoms with van der Waals surface area (Å²) in [5, 5.41) is 4.48. The summed E-state index contributed by atoms with van der Waals surface area (Å²) in [6.07, 6.45) is 1.93. The second-order valence-corrected chi connectivity index (χ2v) is 12.4. The lowest BCUT2D eigenvalue weighted by Crippen LogP contribution is -2.51. The number of rotatable bonds is 6. The first-order valence-electron chi connectivity index (χ1n) is 13.9. The monoisotopic (exact) mass is 601 g/mol. The summed E-state index contributed by atoms with van der Waals surface area (Å²) < 4.78 is 43.1. The number of nitrogens with one attached hydrogen (secondary N) is 1. The largest absolute Gasteiger partial charge is 0.459 e. The van der Waals surface area contributed by atoms with Crippen molar-refractivity contribution in [1.29, 1.82) is 0 Å². The number of morpholine rings is 1. The van der Waals surface area contributed by atoms with Crippen molar-refractivity contribution in [1.82, 2.24) is 25.2 Å². The minimum Gasteiger partial charge on any atom is -0.459 e. The Labute approximate surface area is 244 Å². The zero-order valence-corrected chi connectivity index (χ0v) is 24.1. The van der Waals surface area contributed by atoms with Gasteiger partial charge in [0, 0.05) is 61.3 Å². The van der Waals surface area contributed by atoms with Gasteiger partial charge in [-0.05, 0) is 38.0 Å². The van der Waals surface area contributed by atoms with E-state index in [2.05, 4.69) is 25.1 Å². The van der Waals surface area contributed by atoms with Gasteiger partial charge in [-0.25, -0.2) is 13.8 Å². The molecule has 2 aromatic carbocycles. The fourth-order valence-corrected chi connectivity index (χ4v) is 7.29. The van der Waals surface area contributed by atoms with Crippen molar-refractivity contribution in [3.05, 3.63) is 34.9 Å². The summed E-state index contributed by atoms with van der Waals surface area (Å²) in [5.74, 6) is -0.519. The van der Waals surface area contributed by atoms with Gasteiger partial charge in [0.15, 0.2) is 10.9 Å². The molecule has 13 heteroatoms. The molecule has 0 saturated carbocycles. The highest BCUT2D eigenvalue weighted by atomic mass is 35.5. The van der Waals surface area contributed by atoms with E-state index in [1.165, 1.54) is 12.1 Å². The van der Waals surface area contributed by atoms with E-state index < -0.39 is 11.6 Å². The molecule has 3 N–H and O–H groups in total. The second kappa shape index (κ2) is 10.7. The minimum absolute atomic E-state index is 0.0896. The van der Waals surface area contributed by atoms with E-state index in [4.69, 9.17) is 31.8 Å². The average molecular weight is 602 g/mol. The maximum Gasteiger partial charge on any atom is 0.319 e. The van der Waals surface area contributed by atoms with Gasteiger partial charge in [0.05, 0.1) is 28.5 Å². The van der Waals surface area contributed by atoms with E-state index in [1.807, 2.05) is 6.92 Å². The molecule has 0 amide bonds. The number of ether oxygens (including phenoxy) is 2. The van der Waals surface area contributed by atoms with E-state index in [0.29, 0.717) is 48.6 Å². The summed E-state index contributed by atoms with van der Waals surface area (Å²) in [5.41, 5.74) is 6.68. The first-order chi connectivity index (χ1) is 19.8. The molecule has 3 fully saturated rings. The predicted molar refractivity (Wildman–Crippen MR) is 157 cm³/mol. The normalized spacial score (nSPS) is 22.1. The van der Waals surface area contributed by atoms with Crippen LogP contribution in [-0.4, -0.2) is 84.0 Å². The second-order valence-electron chi connectivity index (χ2n) is 11.0. The van der Waals surface area contributed by atoms with Gasteiger partial charge in [-0.1, -0.05) is 22.9 Å². The molecule has 2 aromatic heterocycles. The number of piperazine rings is 1. The first kappa shape index (κ1) is 27.0. The van der Waals surface area contributed by atoms with E-state index in [1.54, 1.807) is 6.07 Å². The maximum absolute atomic E-state index is 16.6. The number of nitrogen functional groups attached to an aromatic ring is 1. The molecule has 3 aliphatic heterocycles. The minimum atomic E-state index is -0.639. The Morgan fingerprint density at radius 3 is 2.66 bits per heavy atom. The molecule has 2 unspecified atom stereocenters. The number of fused-ring (bicyclic) bond motifs is 4. The van der Waals surface area contributed by atoms with E-state index >= 15 is 4.39 Å². The number of nitrogens with two attached hydrogens (primary N) is 1. The highest BCUT2D eigenvalue weighted by molar-refractivity contribution is 7.22. The Balaban J connectivity index is 1.34. The zero-order valence-electron chi connectivity index (χ0n) is 22.5. The molecular weight excluding hydrogens is 572 g/mol. The Hall–Kier alpha value is -2.90. The van der Waals surface area contributed by atoms with Gasteiger partial charge >= 0.3 is 6.01 Å². The van der Waals surface area contributed by atoms with Crippen molar-refractivity contribution < 1.29 is 18.3 Å². The Bertz CT molecular complexity index is 1620. The van der Waals surface area contributed by atoms with Gasteiger partial charge < -0.3 is 25.4 Å². The number of halogens is 3. The quantitative estimate of drug-likeness (QED) is 0.332. The van der Waals surface area contributed by atoms with Crippen LogP contribution in [0.3, 0.4) is 0 Å². The lowest BCUT2D eigenvalue weighted by Gasteiger charge is -2.34. The molecule has 41 heavy (non-hydrogen) atoms. The topological polar surface area (TPSA) is 102 Å². The van der Waals surface area contributed by atoms with Gasteiger partial charge in [0.1, 0.15) is 23.3 Å². The predicted octanol–water partition coefficient (Wildman–Crippen LogP) is 4.46. The van der Waals surface area contributed by atoms with Crippen LogP contribution in [0.2, 0.25) is 5.02 Å². The lowest BCUT2D eigenvalue weighted by molar-refractivity contribution is 0.0207. The maximum atomic E-state index is 16.6. The van der Waals surface area contributed by atoms with Gasteiger partial charge in [-0.3, -0.25) is 4.90 Å². The summed E-state index contributed by atoms with van der Waals surface area (Å²) in [6.45, 7) is 7.13. The number of nitrogens with zero attached hydrogens (tertiary/aromatic N) is 5. The molecule has 3 saturated heterocycles. The number of benzene rings is 2. The van der Waals surface area contributed by atoms with Crippen LogP contribution >= 0.6 is 22.9 Å². The third-order valence-corrected chi connectivity index (χ3v) is 9.26. The van der Waals surface area contributed by atoms with Crippen LogP contribution in [0.15, 0.2) is 18.2 Å². The summed E-state index contributed by atoms with van der Waals surface area (Å²) in [4.78, 5) is 18.1. The van der Waals surface area contributed by atoms with Crippen LogP contribution in [0, 0.1) is 11.6 Å². The number of anilines is 2. The Morgan fingerprint density at radius 2 is 1.90 bits per heavy atom. The molecule has 0 spiro atoms. The zero-order chi connectivity index (χ0) is 28.2. The van der Waals surface area contributed by atoms with Crippen molar-refractivity contribution in [3.63, 3.8) is 0 Å². The highest BCUT2D eigenvalue weighted by Crippen LogP contribution is 2.43. The molecule has 216 valence electrons. The highest BCUT2D eigenvalue weighted by Gasteiger charge is 2.34. The summed E-state index contributed by atoms with van der Waals surface area (Å²) in [6, 6.07) is 5.23. The van der Waals surface area contributed by atoms with Crippen molar-refractivity contribution in [2.24, 2.45) is 0 Å². The van der Waals surface area contributed by atoms with Gasteiger partial charge in [-0.2, -0.15) is 9.97 Å². The van der Waals surface area contributed by atoms with Gasteiger partial charge in [0.25, 0.3) is 0 Å².